The molecule has 3 aromatic rings. The topological polar surface area (TPSA) is 51.5 Å². The van der Waals surface area contributed by atoms with E-state index in [1.165, 1.54) is 5.56 Å². The van der Waals surface area contributed by atoms with E-state index < -0.39 is 0 Å². The molecule has 0 bridgehead atoms. The summed E-state index contributed by atoms with van der Waals surface area (Å²) in [5.74, 6) is 0. The maximum absolute atomic E-state index is 5.54. The first-order chi connectivity index (χ1) is 10.4. The summed E-state index contributed by atoms with van der Waals surface area (Å²) in [6.07, 6.45) is 5.65. The smallest absolute Gasteiger partial charge is 0.154 e. The Labute approximate surface area is 122 Å². The van der Waals surface area contributed by atoms with E-state index in [0.717, 1.165) is 36.5 Å². The van der Waals surface area contributed by atoms with E-state index >= 15 is 0 Å². The molecule has 21 heavy (non-hydrogen) atoms. The van der Waals surface area contributed by atoms with Crippen molar-refractivity contribution < 1.29 is 4.74 Å². The molecule has 0 aliphatic carbocycles. The standard InChI is InChI=1S/C16H16N4O/c1-2-12(8-13(3-1)15-11-21-7-6-17-15)14-9-18-16-4-5-19-20(16)10-14/h1-5,8-10,15,17H,6-7,11H2. The van der Waals surface area contributed by atoms with Gasteiger partial charge >= 0.3 is 0 Å². The van der Waals surface area contributed by atoms with Crippen LogP contribution in [0.5, 0.6) is 0 Å². The minimum Gasteiger partial charge on any atom is -0.378 e. The quantitative estimate of drug-likeness (QED) is 0.780. The zero-order chi connectivity index (χ0) is 14.1. The van der Waals surface area contributed by atoms with Crippen molar-refractivity contribution in [2.75, 3.05) is 19.8 Å². The van der Waals surface area contributed by atoms with Crippen LogP contribution in [0.1, 0.15) is 11.6 Å². The van der Waals surface area contributed by atoms with Gasteiger partial charge < -0.3 is 10.1 Å². The second-order valence-electron chi connectivity index (χ2n) is 5.18. The molecular weight excluding hydrogens is 264 g/mol. The molecule has 0 amide bonds. The number of nitrogens with zero attached hydrogens (tertiary/aromatic N) is 3. The average molecular weight is 280 g/mol. The van der Waals surface area contributed by atoms with Gasteiger partial charge in [0.05, 0.1) is 25.5 Å². The lowest BCUT2D eigenvalue weighted by atomic mass is 10.0. The van der Waals surface area contributed by atoms with E-state index in [4.69, 9.17) is 4.74 Å². The lowest BCUT2D eigenvalue weighted by Crippen LogP contribution is -2.34. The fourth-order valence-electron chi connectivity index (χ4n) is 2.67. The zero-order valence-corrected chi connectivity index (χ0v) is 11.6. The molecule has 1 fully saturated rings. The van der Waals surface area contributed by atoms with Crippen LogP contribution in [-0.2, 0) is 4.74 Å². The molecule has 1 aliphatic rings. The van der Waals surface area contributed by atoms with Gasteiger partial charge in [0, 0.05) is 30.6 Å². The number of aromatic nitrogens is 3. The van der Waals surface area contributed by atoms with Crippen molar-refractivity contribution in [1.29, 1.82) is 0 Å². The maximum Gasteiger partial charge on any atom is 0.154 e. The summed E-state index contributed by atoms with van der Waals surface area (Å²) in [4.78, 5) is 4.42. The molecule has 2 aromatic heterocycles. The highest BCUT2D eigenvalue weighted by atomic mass is 16.5. The van der Waals surface area contributed by atoms with E-state index in [-0.39, 0.29) is 6.04 Å². The van der Waals surface area contributed by atoms with Gasteiger partial charge in [0.2, 0.25) is 0 Å². The van der Waals surface area contributed by atoms with Crippen molar-refractivity contribution in [2.24, 2.45) is 0 Å². The predicted octanol–water partition coefficient (Wildman–Crippen LogP) is 2.06. The van der Waals surface area contributed by atoms with Crippen molar-refractivity contribution in [3.05, 3.63) is 54.5 Å². The Bertz CT molecular complexity index is 762. The fraction of sp³-hybridized carbons (Fsp3) is 0.250. The molecule has 0 saturated carbocycles. The second-order valence-corrected chi connectivity index (χ2v) is 5.18. The van der Waals surface area contributed by atoms with Gasteiger partial charge in [-0.15, -0.1) is 0 Å². The van der Waals surface area contributed by atoms with Crippen LogP contribution in [0.25, 0.3) is 16.8 Å². The summed E-state index contributed by atoms with van der Waals surface area (Å²) in [6, 6.07) is 10.7. The molecule has 5 nitrogen and oxygen atoms in total. The number of fused-ring (bicyclic) bond motifs is 1. The van der Waals surface area contributed by atoms with Gasteiger partial charge in [-0.2, -0.15) is 5.10 Å². The minimum absolute atomic E-state index is 0.264. The van der Waals surface area contributed by atoms with Crippen molar-refractivity contribution in [1.82, 2.24) is 19.9 Å². The summed E-state index contributed by atoms with van der Waals surface area (Å²) < 4.78 is 7.34. The Morgan fingerprint density at radius 3 is 3.14 bits per heavy atom. The van der Waals surface area contributed by atoms with Crippen molar-refractivity contribution in [3.8, 4) is 11.1 Å². The monoisotopic (exact) mass is 280 g/mol. The molecule has 3 heterocycles. The highest BCUT2D eigenvalue weighted by Gasteiger charge is 2.15. The third-order valence-corrected chi connectivity index (χ3v) is 3.79. The van der Waals surface area contributed by atoms with Crippen LogP contribution in [0.3, 0.4) is 0 Å². The van der Waals surface area contributed by atoms with E-state index in [2.05, 4.69) is 39.7 Å². The van der Waals surface area contributed by atoms with Crippen LogP contribution in [0.2, 0.25) is 0 Å². The number of ether oxygens (including phenoxy) is 1. The largest absolute Gasteiger partial charge is 0.378 e. The second kappa shape index (κ2) is 5.27. The molecule has 1 N–H and O–H groups in total. The summed E-state index contributed by atoms with van der Waals surface area (Å²) in [6.45, 7) is 2.41. The number of morpholine rings is 1. The minimum atomic E-state index is 0.264. The fourth-order valence-corrected chi connectivity index (χ4v) is 2.67. The van der Waals surface area contributed by atoms with Crippen LogP contribution in [0, 0.1) is 0 Å². The molecule has 1 atom stereocenters. The summed E-state index contributed by atoms with van der Waals surface area (Å²) in [5.41, 5.74) is 4.31. The molecule has 0 radical (unpaired) electrons. The van der Waals surface area contributed by atoms with E-state index in [1.54, 1.807) is 10.7 Å². The normalized spacial score (nSPS) is 19.0. The van der Waals surface area contributed by atoms with Gasteiger partial charge in [0.1, 0.15) is 0 Å². The highest BCUT2D eigenvalue weighted by Crippen LogP contribution is 2.24. The molecule has 4 rings (SSSR count). The molecule has 5 heteroatoms. The highest BCUT2D eigenvalue weighted by molar-refractivity contribution is 5.63. The van der Waals surface area contributed by atoms with Gasteiger partial charge in [0.15, 0.2) is 5.65 Å². The molecule has 0 spiro atoms. The zero-order valence-electron chi connectivity index (χ0n) is 11.6. The Hall–Kier alpha value is -2.24. The number of hydrogen-bond acceptors (Lipinski definition) is 4. The summed E-state index contributed by atoms with van der Waals surface area (Å²) in [7, 11) is 0. The van der Waals surface area contributed by atoms with Gasteiger partial charge in [0.25, 0.3) is 0 Å². The molecule has 1 aliphatic heterocycles. The van der Waals surface area contributed by atoms with Gasteiger partial charge in [-0.3, -0.25) is 0 Å². The Morgan fingerprint density at radius 2 is 2.24 bits per heavy atom. The summed E-state index contributed by atoms with van der Waals surface area (Å²) in [5, 5.41) is 7.72. The number of benzene rings is 1. The van der Waals surface area contributed by atoms with Crippen LogP contribution in [0.4, 0.5) is 0 Å². The molecule has 1 aromatic carbocycles. The first kappa shape index (κ1) is 12.5. The Balaban J connectivity index is 1.70. The van der Waals surface area contributed by atoms with E-state index in [0.29, 0.717) is 0 Å². The SMILES string of the molecule is c1cc(-c2cnc3ccnn3c2)cc(C2COCCN2)c1. The van der Waals surface area contributed by atoms with Crippen LogP contribution in [0.15, 0.2) is 48.9 Å². The van der Waals surface area contributed by atoms with Gasteiger partial charge in [-0.1, -0.05) is 18.2 Å². The van der Waals surface area contributed by atoms with Crippen LogP contribution < -0.4 is 5.32 Å². The van der Waals surface area contributed by atoms with E-state index in [9.17, 15) is 0 Å². The molecule has 106 valence electrons. The van der Waals surface area contributed by atoms with Gasteiger partial charge in [-0.25, -0.2) is 9.50 Å². The van der Waals surface area contributed by atoms with E-state index in [1.807, 2.05) is 18.5 Å². The third kappa shape index (κ3) is 2.41. The Kier molecular flexibility index (Phi) is 3.14. The number of nitrogens with one attached hydrogen (secondary N) is 1. The molecule has 1 saturated heterocycles. The van der Waals surface area contributed by atoms with Crippen LogP contribution >= 0.6 is 0 Å². The Morgan fingerprint density at radius 1 is 1.24 bits per heavy atom. The lowest BCUT2D eigenvalue weighted by Gasteiger charge is -2.24. The number of hydrogen-bond donors (Lipinski definition) is 1. The first-order valence-corrected chi connectivity index (χ1v) is 7.11. The molecular formula is C16H16N4O. The third-order valence-electron chi connectivity index (χ3n) is 3.79. The first-order valence-electron chi connectivity index (χ1n) is 7.11. The predicted molar refractivity (Wildman–Crippen MR) is 80.0 cm³/mol. The maximum atomic E-state index is 5.54. The van der Waals surface area contributed by atoms with Crippen LogP contribution in [-0.4, -0.2) is 34.4 Å². The van der Waals surface area contributed by atoms with Crippen molar-refractivity contribution in [2.45, 2.75) is 6.04 Å². The van der Waals surface area contributed by atoms with Gasteiger partial charge in [-0.05, 0) is 17.2 Å². The van der Waals surface area contributed by atoms with Crippen molar-refractivity contribution >= 4 is 5.65 Å². The molecule has 1 unspecified atom stereocenters. The average Bonchev–Trinajstić information content (AvgIpc) is 3.03. The number of rotatable bonds is 2. The van der Waals surface area contributed by atoms with Crippen molar-refractivity contribution in [3.63, 3.8) is 0 Å². The summed E-state index contributed by atoms with van der Waals surface area (Å²) >= 11 is 0. The lowest BCUT2D eigenvalue weighted by molar-refractivity contribution is 0.0769.